The van der Waals surface area contributed by atoms with E-state index in [1.807, 2.05) is 91.0 Å². The SMILES string of the molecule is COC(=O)[C@H](CC[C@@H]1O[C@H](COCc2ccccc2)[C@@H](OCc2ccccc2)[C@H](OCc2ccccc2)[C@H]1N=[N+]=[N-])NC(=O)OC(C)(C)C. The number of amides is 1. The maximum Gasteiger partial charge on any atom is 0.408 e. The fraction of sp³-hybridized carbons (Fsp3) is 0.459. The van der Waals surface area contributed by atoms with Gasteiger partial charge in [-0.25, -0.2) is 9.59 Å². The van der Waals surface area contributed by atoms with Crippen LogP contribution in [0.25, 0.3) is 10.4 Å². The highest BCUT2D eigenvalue weighted by atomic mass is 16.6. The number of alkyl carbamates (subject to hydrolysis) is 1. The Bertz CT molecular complexity index is 1480. The van der Waals surface area contributed by atoms with Gasteiger partial charge >= 0.3 is 12.1 Å². The second kappa shape index (κ2) is 18.9. The summed E-state index contributed by atoms with van der Waals surface area (Å²) in [5, 5.41) is 6.76. The van der Waals surface area contributed by atoms with Gasteiger partial charge in [-0.1, -0.05) is 96.1 Å². The third-order valence-electron chi connectivity index (χ3n) is 7.82. The van der Waals surface area contributed by atoms with Crippen LogP contribution in [0, 0.1) is 0 Å². The van der Waals surface area contributed by atoms with Crippen molar-refractivity contribution in [1.29, 1.82) is 0 Å². The number of hydrogen-bond acceptors (Lipinski definition) is 9. The first kappa shape index (κ1) is 37.4. The van der Waals surface area contributed by atoms with Crippen LogP contribution in [0.15, 0.2) is 96.1 Å². The minimum absolute atomic E-state index is 0.104. The highest BCUT2D eigenvalue weighted by Crippen LogP contribution is 2.33. The molecule has 3 aromatic carbocycles. The Morgan fingerprint density at radius 3 is 1.88 bits per heavy atom. The zero-order valence-corrected chi connectivity index (χ0v) is 28.5. The molecule has 0 spiro atoms. The first-order valence-corrected chi connectivity index (χ1v) is 16.4. The summed E-state index contributed by atoms with van der Waals surface area (Å²) < 4.78 is 36.2. The molecular weight excluding hydrogens is 628 g/mol. The van der Waals surface area contributed by atoms with Crippen LogP contribution in [0.5, 0.6) is 0 Å². The lowest BCUT2D eigenvalue weighted by Crippen LogP contribution is -2.60. The van der Waals surface area contributed by atoms with Crippen LogP contribution in [0.4, 0.5) is 4.79 Å². The van der Waals surface area contributed by atoms with E-state index >= 15 is 0 Å². The molecule has 0 aliphatic carbocycles. The fourth-order valence-electron chi connectivity index (χ4n) is 5.54. The van der Waals surface area contributed by atoms with E-state index in [0.29, 0.717) is 6.61 Å². The standard InChI is InChI=1S/C37H46N4O8/c1-37(2,3)49-36(43)39-29(35(42)44-4)20-21-30-32(40-41-38)34(47-24-28-18-12-7-13-19-28)33(46-23-27-16-10-6-11-17-27)31(48-30)25-45-22-26-14-8-5-9-15-26/h5-19,29-34H,20-25H2,1-4H3,(H,39,43)/t29-,30-,31+,32-,33+,34+/m0/s1. The quantitative estimate of drug-likeness (QED) is 0.0766. The monoisotopic (exact) mass is 674 g/mol. The minimum atomic E-state index is -1.04. The smallest absolute Gasteiger partial charge is 0.408 e. The summed E-state index contributed by atoms with van der Waals surface area (Å²) in [6.45, 7) is 6.16. The number of nitrogens with one attached hydrogen (secondary N) is 1. The van der Waals surface area contributed by atoms with Gasteiger partial charge in [0, 0.05) is 4.91 Å². The van der Waals surface area contributed by atoms with Gasteiger partial charge in [0.15, 0.2) is 0 Å². The summed E-state index contributed by atoms with van der Waals surface area (Å²) in [6.07, 6.45) is -3.27. The molecule has 1 saturated heterocycles. The van der Waals surface area contributed by atoms with E-state index in [2.05, 4.69) is 15.3 Å². The number of methoxy groups -OCH3 is 1. The molecule has 3 aromatic rings. The molecule has 0 aromatic heterocycles. The van der Waals surface area contributed by atoms with E-state index in [1.165, 1.54) is 7.11 Å². The van der Waals surface area contributed by atoms with Gasteiger partial charge in [0.05, 0.1) is 51.8 Å². The predicted molar refractivity (Wildman–Crippen MR) is 182 cm³/mol. The number of azide groups is 1. The molecule has 12 nitrogen and oxygen atoms in total. The Labute approximate surface area is 287 Å². The summed E-state index contributed by atoms with van der Waals surface area (Å²) in [6, 6.07) is 27.3. The van der Waals surface area contributed by atoms with E-state index in [-0.39, 0.29) is 32.7 Å². The van der Waals surface area contributed by atoms with Crippen molar-refractivity contribution in [1.82, 2.24) is 5.32 Å². The lowest BCUT2D eigenvalue weighted by molar-refractivity contribution is -0.229. The maximum absolute atomic E-state index is 12.7. The van der Waals surface area contributed by atoms with Gasteiger partial charge in [-0.15, -0.1) is 0 Å². The largest absolute Gasteiger partial charge is 0.467 e. The lowest BCUT2D eigenvalue weighted by Gasteiger charge is -2.45. The Morgan fingerprint density at radius 1 is 0.837 bits per heavy atom. The van der Waals surface area contributed by atoms with Crippen molar-refractivity contribution in [2.45, 2.75) is 95.5 Å². The van der Waals surface area contributed by atoms with Crippen molar-refractivity contribution in [3.8, 4) is 0 Å². The average molecular weight is 675 g/mol. The molecular formula is C37H46N4O8. The number of esters is 1. The van der Waals surface area contributed by atoms with Crippen molar-refractivity contribution in [2.75, 3.05) is 13.7 Å². The van der Waals surface area contributed by atoms with Crippen molar-refractivity contribution in [2.24, 2.45) is 5.11 Å². The molecule has 1 N–H and O–H groups in total. The van der Waals surface area contributed by atoms with E-state index < -0.39 is 54.2 Å². The molecule has 6 atom stereocenters. The molecule has 1 amide bonds. The van der Waals surface area contributed by atoms with E-state index in [9.17, 15) is 15.1 Å². The molecule has 49 heavy (non-hydrogen) atoms. The second-order valence-electron chi connectivity index (χ2n) is 12.7. The van der Waals surface area contributed by atoms with Crippen LogP contribution in [0.2, 0.25) is 0 Å². The number of rotatable bonds is 16. The van der Waals surface area contributed by atoms with Crippen LogP contribution in [-0.2, 0) is 53.0 Å². The van der Waals surface area contributed by atoms with Gasteiger partial charge in [-0.3, -0.25) is 0 Å². The first-order chi connectivity index (χ1) is 23.7. The number of nitrogens with zero attached hydrogens (tertiary/aromatic N) is 3. The summed E-state index contributed by atoms with van der Waals surface area (Å²) in [7, 11) is 1.24. The van der Waals surface area contributed by atoms with Crippen molar-refractivity contribution >= 4 is 12.1 Å². The summed E-state index contributed by atoms with van der Waals surface area (Å²) in [5.74, 6) is -0.648. The number of carbonyl (C=O) groups is 2. The highest BCUT2D eigenvalue weighted by Gasteiger charge is 2.47. The zero-order valence-electron chi connectivity index (χ0n) is 28.5. The molecule has 1 aliphatic rings. The number of benzene rings is 3. The topological polar surface area (TPSA) is 150 Å². The predicted octanol–water partition coefficient (Wildman–Crippen LogP) is 6.67. The Morgan fingerprint density at radius 2 is 1.37 bits per heavy atom. The molecule has 0 bridgehead atoms. The molecule has 262 valence electrons. The van der Waals surface area contributed by atoms with Gasteiger partial charge in [0.2, 0.25) is 0 Å². The summed E-state index contributed by atoms with van der Waals surface area (Å²) in [5.41, 5.74) is 11.8. The molecule has 12 heteroatoms. The average Bonchev–Trinajstić information content (AvgIpc) is 3.09. The van der Waals surface area contributed by atoms with E-state index in [1.54, 1.807) is 20.8 Å². The highest BCUT2D eigenvalue weighted by molar-refractivity contribution is 5.81. The van der Waals surface area contributed by atoms with Gasteiger partial charge in [-0.2, -0.15) is 0 Å². The Hall–Kier alpha value is -4.45. The van der Waals surface area contributed by atoms with Crippen molar-refractivity contribution in [3.05, 3.63) is 118 Å². The summed E-state index contributed by atoms with van der Waals surface area (Å²) >= 11 is 0. The Balaban J connectivity index is 1.61. The van der Waals surface area contributed by atoms with Crippen molar-refractivity contribution in [3.63, 3.8) is 0 Å². The normalized spacial score (nSPS) is 21.2. The molecule has 1 fully saturated rings. The molecule has 0 unspecified atom stereocenters. The third-order valence-corrected chi connectivity index (χ3v) is 7.82. The maximum atomic E-state index is 12.7. The minimum Gasteiger partial charge on any atom is -0.467 e. The molecule has 0 radical (unpaired) electrons. The Kier molecular flexibility index (Phi) is 14.4. The molecule has 4 rings (SSSR count). The first-order valence-electron chi connectivity index (χ1n) is 16.4. The number of ether oxygens (including phenoxy) is 6. The molecule has 0 saturated carbocycles. The lowest BCUT2D eigenvalue weighted by atomic mass is 9.89. The van der Waals surface area contributed by atoms with Gasteiger partial charge in [-0.05, 0) is 55.8 Å². The van der Waals surface area contributed by atoms with Gasteiger partial charge in [0.1, 0.15) is 23.9 Å². The van der Waals surface area contributed by atoms with Gasteiger partial charge < -0.3 is 33.7 Å². The van der Waals surface area contributed by atoms with Crippen LogP contribution in [-0.4, -0.2) is 67.9 Å². The summed E-state index contributed by atoms with van der Waals surface area (Å²) in [4.78, 5) is 28.5. The van der Waals surface area contributed by atoms with Crippen molar-refractivity contribution < 1.29 is 38.0 Å². The molecule has 1 aliphatic heterocycles. The van der Waals surface area contributed by atoms with E-state index in [0.717, 1.165) is 16.7 Å². The van der Waals surface area contributed by atoms with Gasteiger partial charge in [0.25, 0.3) is 0 Å². The van der Waals surface area contributed by atoms with Crippen LogP contribution in [0.3, 0.4) is 0 Å². The zero-order chi connectivity index (χ0) is 35.1. The van der Waals surface area contributed by atoms with Crippen LogP contribution >= 0.6 is 0 Å². The van der Waals surface area contributed by atoms with Crippen LogP contribution in [0.1, 0.15) is 50.3 Å². The van der Waals surface area contributed by atoms with Crippen LogP contribution < -0.4 is 5.32 Å². The second-order valence-corrected chi connectivity index (χ2v) is 12.7. The number of hydrogen-bond donors (Lipinski definition) is 1. The fourth-order valence-corrected chi connectivity index (χ4v) is 5.54. The van der Waals surface area contributed by atoms with E-state index in [4.69, 9.17) is 28.4 Å². The molecule has 1 heterocycles. The number of carbonyl (C=O) groups excluding carboxylic acids is 2. The third kappa shape index (κ3) is 12.2.